The van der Waals surface area contributed by atoms with E-state index in [1.165, 1.54) is 13.2 Å². The van der Waals surface area contributed by atoms with Gasteiger partial charge in [-0.25, -0.2) is 9.78 Å². The van der Waals surface area contributed by atoms with Crippen molar-refractivity contribution in [2.45, 2.75) is 34.6 Å². The Morgan fingerprint density at radius 2 is 1.82 bits per heavy atom. The van der Waals surface area contributed by atoms with Crippen LogP contribution in [0.5, 0.6) is 5.75 Å². The Bertz CT molecular complexity index is 331. The van der Waals surface area contributed by atoms with Crippen LogP contribution in [0.2, 0.25) is 5.02 Å². The molecule has 0 saturated heterocycles. The molecule has 0 amide bonds. The molecule has 0 radical (unpaired) electrons. The third kappa shape index (κ3) is 5.54. The van der Waals surface area contributed by atoms with E-state index < -0.39 is 5.97 Å². The lowest BCUT2D eigenvalue weighted by molar-refractivity contribution is 0.0690. The van der Waals surface area contributed by atoms with Gasteiger partial charge in [-0.2, -0.15) is 0 Å². The van der Waals surface area contributed by atoms with Crippen molar-refractivity contribution in [1.29, 1.82) is 0 Å². The number of pyridine rings is 1. The predicted molar refractivity (Wildman–Crippen MR) is 70.2 cm³/mol. The van der Waals surface area contributed by atoms with Gasteiger partial charge in [0.1, 0.15) is 5.69 Å². The summed E-state index contributed by atoms with van der Waals surface area (Å²) < 4.78 is 4.92. The second kappa shape index (κ2) is 9.90. The van der Waals surface area contributed by atoms with Crippen molar-refractivity contribution >= 4 is 17.6 Å². The lowest BCUT2D eigenvalue weighted by atomic mass is 10.3. The minimum absolute atomic E-state index is 0.0803. The van der Waals surface area contributed by atoms with Crippen molar-refractivity contribution in [2.75, 3.05) is 7.11 Å². The number of aromatic nitrogens is 1. The van der Waals surface area contributed by atoms with Crippen LogP contribution in [0.1, 0.15) is 43.9 Å². The summed E-state index contributed by atoms with van der Waals surface area (Å²) >= 11 is 5.75. The number of nitrogens with zero attached hydrogens (tertiary/aromatic N) is 1. The molecule has 0 saturated carbocycles. The van der Waals surface area contributed by atoms with Gasteiger partial charge in [-0.3, -0.25) is 0 Å². The molecule has 0 aliphatic carbocycles. The van der Waals surface area contributed by atoms with Crippen LogP contribution in [0.3, 0.4) is 0 Å². The maximum absolute atomic E-state index is 10.5. The molecule has 1 heterocycles. The number of hydrogen-bond donors (Lipinski definition) is 1. The number of aryl methyl sites for hydroxylation is 1. The Kier molecular flexibility index (Phi) is 10.5. The molecule has 0 aliphatic rings. The summed E-state index contributed by atoms with van der Waals surface area (Å²) in [7, 11) is 1.45. The van der Waals surface area contributed by atoms with Crippen molar-refractivity contribution in [3.8, 4) is 5.75 Å². The summed E-state index contributed by atoms with van der Waals surface area (Å²) in [6.45, 7) is 9.64. The Hall–Kier alpha value is -1.29. The van der Waals surface area contributed by atoms with Gasteiger partial charge < -0.3 is 9.84 Å². The molecule has 1 rings (SSSR count). The highest BCUT2D eigenvalue weighted by atomic mass is 35.5. The molecule has 1 aromatic heterocycles. The van der Waals surface area contributed by atoms with Gasteiger partial charge in [0.25, 0.3) is 0 Å². The molecule has 0 atom stereocenters. The highest BCUT2D eigenvalue weighted by Gasteiger charge is 2.12. The number of methoxy groups -OCH3 is 1. The first kappa shape index (κ1) is 18.1. The maximum atomic E-state index is 10.5. The van der Waals surface area contributed by atoms with E-state index in [0.29, 0.717) is 11.4 Å². The van der Waals surface area contributed by atoms with Gasteiger partial charge in [-0.1, -0.05) is 39.3 Å². The number of rotatable bonds is 2. The zero-order chi connectivity index (χ0) is 14.0. The van der Waals surface area contributed by atoms with E-state index >= 15 is 0 Å². The van der Waals surface area contributed by atoms with E-state index in [1.807, 2.05) is 27.7 Å². The molecule has 98 valence electrons. The van der Waals surface area contributed by atoms with Crippen LogP contribution in [0.15, 0.2) is 6.07 Å². The third-order valence-corrected chi connectivity index (χ3v) is 1.80. The first-order valence-electron chi connectivity index (χ1n) is 5.50. The Morgan fingerprint density at radius 3 is 2.12 bits per heavy atom. The molecule has 0 unspecified atom stereocenters. The van der Waals surface area contributed by atoms with E-state index in [-0.39, 0.29) is 10.7 Å². The summed E-state index contributed by atoms with van der Waals surface area (Å²) in [6.07, 6.45) is 0. The normalized spacial score (nSPS) is 8.18. The quantitative estimate of drug-likeness (QED) is 0.880. The first-order chi connectivity index (χ1) is 8.06. The number of carboxylic acid groups (broad SMARTS) is 1. The van der Waals surface area contributed by atoms with Crippen molar-refractivity contribution in [3.05, 3.63) is 22.5 Å². The van der Waals surface area contributed by atoms with Gasteiger partial charge in [0.2, 0.25) is 0 Å². The van der Waals surface area contributed by atoms with Gasteiger partial charge in [0, 0.05) is 0 Å². The molecule has 1 aromatic rings. The molecule has 0 fully saturated rings. The van der Waals surface area contributed by atoms with E-state index in [4.69, 9.17) is 21.4 Å². The van der Waals surface area contributed by atoms with Crippen molar-refractivity contribution < 1.29 is 14.6 Å². The largest absolute Gasteiger partial charge is 0.493 e. The van der Waals surface area contributed by atoms with Crippen LogP contribution < -0.4 is 4.74 Å². The van der Waals surface area contributed by atoms with E-state index in [0.717, 1.165) is 0 Å². The Labute approximate surface area is 108 Å². The maximum Gasteiger partial charge on any atom is 0.354 e. The molecule has 0 spiro atoms. The van der Waals surface area contributed by atoms with Crippen molar-refractivity contribution in [1.82, 2.24) is 4.98 Å². The van der Waals surface area contributed by atoms with E-state index in [2.05, 4.69) is 4.98 Å². The number of halogens is 1. The summed E-state index contributed by atoms with van der Waals surface area (Å²) in [5.41, 5.74) is 0.385. The summed E-state index contributed by atoms with van der Waals surface area (Å²) in [4.78, 5) is 14.3. The number of carboxylic acids is 1. The zero-order valence-electron chi connectivity index (χ0n) is 11.2. The summed E-state index contributed by atoms with van der Waals surface area (Å²) in [5.74, 6) is -0.695. The minimum Gasteiger partial charge on any atom is -0.493 e. The van der Waals surface area contributed by atoms with Crippen LogP contribution in [0.4, 0.5) is 0 Å². The fourth-order valence-corrected chi connectivity index (χ4v) is 1.29. The molecular formula is C12H20ClNO3. The summed E-state index contributed by atoms with van der Waals surface area (Å²) in [6, 6.07) is 1.26. The van der Waals surface area contributed by atoms with E-state index in [9.17, 15) is 4.79 Å². The Morgan fingerprint density at radius 1 is 1.35 bits per heavy atom. The van der Waals surface area contributed by atoms with Crippen LogP contribution >= 0.6 is 11.6 Å². The van der Waals surface area contributed by atoms with Crippen LogP contribution in [-0.4, -0.2) is 23.2 Å². The molecule has 0 aromatic carbocycles. The van der Waals surface area contributed by atoms with Gasteiger partial charge in [-0.15, -0.1) is 0 Å². The number of ether oxygens (including phenoxy) is 1. The minimum atomic E-state index is -1.10. The molecule has 5 heteroatoms. The fourth-order valence-electron chi connectivity index (χ4n) is 0.977. The first-order valence-corrected chi connectivity index (χ1v) is 5.88. The third-order valence-electron chi connectivity index (χ3n) is 1.52. The lowest BCUT2D eigenvalue weighted by Crippen LogP contribution is -2.03. The average Bonchev–Trinajstić information content (AvgIpc) is 2.33. The second-order valence-corrected chi connectivity index (χ2v) is 2.82. The molecule has 0 aliphatic heterocycles. The van der Waals surface area contributed by atoms with Crippen molar-refractivity contribution in [3.63, 3.8) is 0 Å². The molecule has 17 heavy (non-hydrogen) atoms. The average molecular weight is 262 g/mol. The standard InChI is InChI=1S/C8H8ClNO3.2C2H6/c1-4-7(13-2)5(9)3-6(10-4)8(11)12;2*1-2/h3H,1-2H3,(H,11,12);2*1-2H3. The Balaban J connectivity index is 0. The van der Waals surface area contributed by atoms with Crippen LogP contribution in [-0.2, 0) is 0 Å². The van der Waals surface area contributed by atoms with Crippen molar-refractivity contribution in [2.24, 2.45) is 0 Å². The SMILES string of the molecule is CC.CC.COc1c(Cl)cc(C(=O)O)nc1C. The van der Waals surface area contributed by atoms with Gasteiger partial charge >= 0.3 is 5.97 Å². The highest BCUT2D eigenvalue weighted by molar-refractivity contribution is 6.32. The summed E-state index contributed by atoms with van der Waals surface area (Å²) in [5, 5.41) is 8.89. The molecule has 0 bridgehead atoms. The highest BCUT2D eigenvalue weighted by Crippen LogP contribution is 2.27. The molecule has 4 nitrogen and oxygen atoms in total. The smallest absolute Gasteiger partial charge is 0.354 e. The zero-order valence-corrected chi connectivity index (χ0v) is 11.9. The number of hydrogen-bond acceptors (Lipinski definition) is 3. The van der Waals surface area contributed by atoms with Gasteiger partial charge in [0.05, 0.1) is 17.8 Å². The number of aromatic carboxylic acids is 1. The number of carbonyl (C=O) groups is 1. The van der Waals surface area contributed by atoms with Crippen LogP contribution in [0, 0.1) is 6.92 Å². The lowest BCUT2D eigenvalue weighted by Gasteiger charge is -2.06. The van der Waals surface area contributed by atoms with E-state index in [1.54, 1.807) is 6.92 Å². The molecule has 1 N–H and O–H groups in total. The predicted octanol–water partition coefficient (Wildman–Crippen LogP) is 3.80. The van der Waals surface area contributed by atoms with Gasteiger partial charge in [0.15, 0.2) is 5.75 Å². The molecular weight excluding hydrogens is 242 g/mol. The van der Waals surface area contributed by atoms with Gasteiger partial charge in [-0.05, 0) is 13.0 Å². The monoisotopic (exact) mass is 261 g/mol. The van der Waals surface area contributed by atoms with Crippen LogP contribution in [0.25, 0.3) is 0 Å². The fraction of sp³-hybridized carbons (Fsp3) is 0.500. The second-order valence-electron chi connectivity index (χ2n) is 2.41. The topological polar surface area (TPSA) is 59.4 Å².